The van der Waals surface area contributed by atoms with Gasteiger partial charge in [0.25, 0.3) is 5.92 Å². The summed E-state index contributed by atoms with van der Waals surface area (Å²) < 4.78 is 70.9. The SMILES string of the molecule is CC(=O)N[C@@H](C)COc1cc2oc(-c3ccc(OCC4CC4(F)F)c(F)c3F)nc2cn1. The van der Waals surface area contributed by atoms with Crippen molar-refractivity contribution in [2.24, 2.45) is 5.92 Å². The summed E-state index contributed by atoms with van der Waals surface area (Å²) in [5.41, 5.74) is 0.260. The van der Waals surface area contributed by atoms with Crippen LogP contribution in [0.3, 0.4) is 0 Å². The van der Waals surface area contributed by atoms with E-state index in [-0.39, 0.29) is 47.9 Å². The van der Waals surface area contributed by atoms with Gasteiger partial charge in [0.15, 0.2) is 17.1 Å². The van der Waals surface area contributed by atoms with Gasteiger partial charge in [-0.3, -0.25) is 4.79 Å². The molecule has 2 heterocycles. The average Bonchev–Trinajstić information content (AvgIpc) is 3.14. The van der Waals surface area contributed by atoms with Crippen molar-refractivity contribution in [3.8, 4) is 23.1 Å². The van der Waals surface area contributed by atoms with Gasteiger partial charge in [0, 0.05) is 19.4 Å². The number of aromatic nitrogens is 2. The van der Waals surface area contributed by atoms with Crippen LogP contribution in [0.15, 0.2) is 28.8 Å². The van der Waals surface area contributed by atoms with Gasteiger partial charge >= 0.3 is 0 Å². The fraction of sp³-hybridized carbons (Fsp3) is 0.381. The standard InChI is InChI=1S/C21H19F4N3O4/c1-10(27-11(2)29)8-31-17-5-16-14(7-26-17)28-20(32-16)13-3-4-15(19(23)18(13)22)30-9-12-6-21(12,24)25/h3-5,7,10,12H,6,8-9H2,1-2H3,(H,27,29)/t10-,12?/m0/s1. The van der Waals surface area contributed by atoms with Gasteiger partial charge in [0.1, 0.15) is 12.1 Å². The number of pyridine rings is 1. The van der Waals surface area contributed by atoms with Gasteiger partial charge in [-0.25, -0.2) is 23.1 Å². The Hall–Kier alpha value is -3.37. The van der Waals surface area contributed by atoms with Crippen LogP contribution in [0.5, 0.6) is 11.6 Å². The third-order valence-corrected chi connectivity index (χ3v) is 4.85. The van der Waals surface area contributed by atoms with E-state index in [9.17, 15) is 22.4 Å². The van der Waals surface area contributed by atoms with E-state index in [0.717, 1.165) is 6.07 Å². The molecule has 0 bridgehead atoms. The zero-order valence-electron chi connectivity index (χ0n) is 17.1. The first-order valence-corrected chi connectivity index (χ1v) is 9.79. The van der Waals surface area contributed by atoms with Gasteiger partial charge in [-0.05, 0) is 19.1 Å². The molecule has 2 aromatic heterocycles. The number of nitrogens with one attached hydrogen (secondary N) is 1. The van der Waals surface area contributed by atoms with Crippen LogP contribution in [-0.2, 0) is 4.79 Å². The maximum absolute atomic E-state index is 14.6. The second kappa shape index (κ2) is 8.29. The number of alkyl halides is 2. The van der Waals surface area contributed by atoms with E-state index in [1.807, 2.05) is 0 Å². The highest BCUT2D eigenvalue weighted by Crippen LogP contribution is 2.48. The van der Waals surface area contributed by atoms with Crippen LogP contribution in [0, 0.1) is 17.6 Å². The second-order valence-corrected chi connectivity index (χ2v) is 7.63. The first kappa shape index (κ1) is 21.8. The Balaban J connectivity index is 1.49. The summed E-state index contributed by atoms with van der Waals surface area (Å²) in [5, 5.41) is 2.66. The van der Waals surface area contributed by atoms with Crippen LogP contribution in [0.1, 0.15) is 20.3 Å². The molecule has 11 heteroatoms. The molecule has 1 fully saturated rings. The summed E-state index contributed by atoms with van der Waals surface area (Å²) in [6, 6.07) is 3.52. The van der Waals surface area contributed by atoms with Crippen LogP contribution in [0.4, 0.5) is 17.6 Å². The Bertz CT molecular complexity index is 1170. The average molecular weight is 453 g/mol. The molecule has 2 atom stereocenters. The van der Waals surface area contributed by atoms with Crippen molar-refractivity contribution in [2.45, 2.75) is 32.2 Å². The Labute approximate surface area is 179 Å². The number of amides is 1. The second-order valence-electron chi connectivity index (χ2n) is 7.63. The lowest BCUT2D eigenvalue weighted by atomic mass is 10.2. The highest BCUT2D eigenvalue weighted by atomic mass is 19.3. The lowest BCUT2D eigenvalue weighted by Gasteiger charge is -2.12. The molecule has 0 radical (unpaired) electrons. The van der Waals surface area contributed by atoms with E-state index in [0.29, 0.717) is 5.52 Å². The first-order valence-electron chi connectivity index (χ1n) is 9.79. The van der Waals surface area contributed by atoms with E-state index in [2.05, 4.69) is 15.3 Å². The summed E-state index contributed by atoms with van der Waals surface area (Å²) in [6.45, 7) is 2.91. The number of hydrogen-bond acceptors (Lipinski definition) is 6. The Morgan fingerprint density at radius 2 is 2.06 bits per heavy atom. The molecular formula is C21H19F4N3O4. The van der Waals surface area contributed by atoms with E-state index in [1.165, 1.54) is 25.3 Å². The summed E-state index contributed by atoms with van der Waals surface area (Å²) in [5.74, 6) is -7.05. The van der Waals surface area contributed by atoms with Gasteiger partial charge in [0.2, 0.25) is 23.5 Å². The molecule has 1 N–H and O–H groups in total. The van der Waals surface area contributed by atoms with E-state index in [1.54, 1.807) is 6.92 Å². The van der Waals surface area contributed by atoms with E-state index < -0.39 is 35.8 Å². The Morgan fingerprint density at radius 1 is 1.31 bits per heavy atom. The molecule has 0 saturated heterocycles. The molecular weight excluding hydrogens is 434 g/mol. The number of benzene rings is 1. The highest BCUT2D eigenvalue weighted by Gasteiger charge is 2.57. The van der Waals surface area contributed by atoms with Crippen molar-refractivity contribution in [2.75, 3.05) is 13.2 Å². The predicted octanol–water partition coefficient (Wildman–Crippen LogP) is 4.11. The van der Waals surface area contributed by atoms with Crippen LogP contribution in [0.2, 0.25) is 0 Å². The normalized spacial score (nSPS) is 17.8. The quantitative estimate of drug-likeness (QED) is 0.517. The topological polar surface area (TPSA) is 86.5 Å². The van der Waals surface area contributed by atoms with Gasteiger partial charge in [0.05, 0.1) is 30.3 Å². The number of nitrogens with zero attached hydrogens (tertiary/aromatic N) is 2. The number of ether oxygens (including phenoxy) is 2. The summed E-state index contributed by atoms with van der Waals surface area (Å²) >= 11 is 0. The van der Waals surface area contributed by atoms with E-state index >= 15 is 0 Å². The molecule has 170 valence electrons. The number of hydrogen-bond donors (Lipinski definition) is 1. The smallest absolute Gasteiger partial charge is 0.255 e. The number of rotatable bonds is 8. The minimum atomic E-state index is -2.81. The molecule has 32 heavy (non-hydrogen) atoms. The molecule has 1 saturated carbocycles. The molecule has 4 rings (SSSR count). The van der Waals surface area contributed by atoms with Gasteiger partial charge in [-0.15, -0.1) is 0 Å². The molecule has 1 amide bonds. The van der Waals surface area contributed by atoms with Crippen LogP contribution in [0.25, 0.3) is 22.6 Å². The molecule has 7 nitrogen and oxygen atoms in total. The number of oxazole rings is 1. The zero-order valence-corrected chi connectivity index (χ0v) is 17.1. The van der Waals surface area contributed by atoms with E-state index in [4.69, 9.17) is 13.9 Å². The van der Waals surface area contributed by atoms with Gasteiger partial charge in [-0.1, -0.05) is 0 Å². The van der Waals surface area contributed by atoms with Crippen molar-refractivity contribution in [1.82, 2.24) is 15.3 Å². The Morgan fingerprint density at radius 3 is 2.75 bits per heavy atom. The third-order valence-electron chi connectivity index (χ3n) is 4.85. The van der Waals surface area contributed by atoms with Gasteiger partial charge < -0.3 is 19.2 Å². The van der Waals surface area contributed by atoms with Crippen molar-refractivity contribution in [1.29, 1.82) is 0 Å². The monoisotopic (exact) mass is 453 g/mol. The first-order chi connectivity index (χ1) is 15.1. The zero-order chi connectivity index (χ0) is 23.0. The molecule has 1 aliphatic carbocycles. The fourth-order valence-electron chi connectivity index (χ4n) is 3.06. The third kappa shape index (κ3) is 4.61. The number of fused-ring (bicyclic) bond motifs is 1. The maximum Gasteiger partial charge on any atom is 0.255 e. The van der Waals surface area contributed by atoms with Crippen LogP contribution >= 0.6 is 0 Å². The molecule has 1 aliphatic rings. The summed E-state index contributed by atoms with van der Waals surface area (Å²) in [4.78, 5) is 19.2. The number of carbonyl (C=O) groups excluding carboxylic acids is 1. The molecule has 1 unspecified atom stereocenters. The molecule has 0 aliphatic heterocycles. The Kier molecular flexibility index (Phi) is 5.66. The molecule has 3 aromatic rings. The van der Waals surface area contributed by atoms with Crippen molar-refractivity contribution in [3.05, 3.63) is 36.0 Å². The predicted molar refractivity (Wildman–Crippen MR) is 104 cm³/mol. The number of halogens is 4. The van der Waals surface area contributed by atoms with Crippen LogP contribution in [-0.4, -0.2) is 41.1 Å². The van der Waals surface area contributed by atoms with Crippen LogP contribution < -0.4 is 14.8 Å². The highest BCUT2D eigenvalue weighted by molar-refractivity contribution is 5.76. The van der Waals surface area contributed by atoms with Crippen molar-refractivity contribution in [3.63, 3.8) is 0 Å². The molecule has 0 spiro atoms. The molecule has 1 aromatic carbocycles. The lowest BCUT2D eigenvalue weighted by molar-refractivity contribution is -0.119. The maximum atomic E-state index is 14.6. The minimum absolute atomic E-state index is 0.160. The number of carbonyl (C=O) groups is 1. The fourth-order valence-corrected chi connectivity index (χ4v) is 3.06. The lowest BCUT2D eigenvalue weighted by Crippen LogP contribution is -2.35. The summed E-state index contributed by atoms with van der Waals surface area (Å²) in [7, 11) is 0. The minimum Gasteiger partial charge on any atom is -0.490 e. The summed E-state index contributed by atoms with van der Waals surface area (Å²) in [6.07, 6.45) is 1.02. The van der Waals surface area contributed by atoms with Gasteiger partial charge in [-0.2, -0.15) is 4.39 Å². The van der Waals surface area contributed by atoms with Crippen molar-refractivity contribution >= 4 is 17.0 Å². The largest absolute Gasteiger partial charge is 0.490 e. The van der Waals surface area contributed by atoms with Crippen molar-refractivity contribution < 1.29 is 36.2 Å².